The number of nitrogens with zero attached hydrogens (tertiary/aromatic N) is 1. The SMILES string of the molecule is CCc1cc(N)c(-c2ccc(NC(=O)Nc3cccc(C(F)(F)F)n3)cc2)[nH]1. The summed E-state index contributed by atoms with van der Waals surface area (Å²) in [6.45, 7) is 2.01. The monoisotopic (exact) mass is 389 g/mol. The molecule has 2 heterocycles. The highest BCUT2D eigenvalue weighted by Gasteiger charge is 2.32. The van der Waals surface area contributed by atoms with Crippen molar-refractivity contribution in [2.75, 3.05) is 16.4 Å². The highest BCUT2D eigenvalue weighted by atomic mass is 19.4. The molecule has 3 rings (SSSR count). The van der Waals surface area contributed by atoms with Crippen molar-refractivity contribution in [3.05, 3.63) is 59.9 Å². The van der Waals surface area contributed by atoms with E-state index in [1.807, 2.05) is 13.0 Å². The van der Waals surface area contributed by atoms with Crippen molar-refractivity contribution >= 4 is 23.2 Å². The van der Waals surface area contributed by atoms with Gasteiger partial charge in [-0.15, -0.1) is 0 Å². The number of aromatic amines is 1. The van der Waals surface area contributed by atoms with Gasteiger partial charge in [-0.3, -0.25) is 5.32 Å². The minimum absolute atomic E-state index is 0.199. The Kier molecular flexibility index (Phi) is 5.25. The van der Waals surface area contributed by atoms with E-state index in [-0.39, 0.29) is 5.82 Å². The van der Waals surface area contributed by atoms with E-state index in [0.29, 0.717) is 11.4 Å². The number of carbonyl (C=O) groups is 1. The summed E-state index contributed by atoms with van der Waals surface area (Å²) < 4.78 is 38.0. The zero-order chi connectivity index (χ0) is 20.3. The van der Waals surface area contributed by atoms with Crippen molar-refractivity contribution in [1.82, 2.24) is 9.97 Å². The number of urea groups is 1. The third kappa shape index (κ3) is 4.43. The quantitative estimate of drug-likeness (QED) is 0.512. The molecule has 0 saturated heterocycles. The number of aryl methyl sites for hydroxylation is 1. The van der Waals surface area contributed by atoms with Crippen LogP contribution in [0, 0.1) is 0 Å². The number of hydrogen-bond acceptors (Lipinski definition) is 3. The van der Waals surface area contributed by atoms with E-state index >= 15 is 0 Å². The molecule has 0 spiro atoms. The molecular formula is C19H18F3N5O. The second kappa shape index (κ2) is 7.63. The molecule has 0 aliphatic carbocycles. The number of nitrogen functional groups attached to an aromatic ring is 1. The Morgan fingerprint density at radius 1 is 1.14 bits per heavy atom. The van der Waals surface area contributed by atoms with Crippen molar-refractivity contribution in [2.24, 2.45) is 0 Å². The van der Waals surface area contributed by atoms with Gasteiger partial charge in [0.15, 0.2) is 0 Å². The molecule has 0 unspecified atom stereocenters. The number of nitrogens with one attached hydrogen (secondary N) is 3. The maximum Gasteiger partial charge on any atom is 0.433 e. The Morgan fingerprint density at radius 2 is 1.86 bits per heavy atom. The van der Waals surface area contributed by atoms with Gasteiger partial charge in [0, 0.05) is 16.9 Å². The summed E-state index contributed by atoms with van der Waals surface area (Å²) >= 11 is 0. The number of alkyl halides is 3. The third-order valence-corrected chi connectivity index (χ3v) is 4.00. The van der Waals surface area contributed by atoms with Gasteiger partial charge < -0.3 is 16.0 Å². The number of carbonyl (C=O) groups excluding carboxylic acids is 1. The van der Waals surface area contributed by atoms with E-state index < -0.39 is 17.9 Å². The van der Waals surface area contributed by atoms with Gasteiger partial charge in [0.1, 0.15) is 11.5 Å². The number of hydrogen-bond donors (Lipinski definition) is 4. The van der Waals surface area contributed by atoms with Gasteiger partial charge in [0.05, 0.1) is 11.4 Å². The topological polar surface area (TPSA) is 95.8 Å². The first-order valence-electron chi connectivity index (χ1n) is 8.46. The first-order valence-corrected chi connectivity index (χ1v) is 8.46. The predicted octanol–water partition coefficient (Wildman–Crippen LogP) is 4.88. The van der Waals surface area contributed by atoms with Gasteiger partial charge in [-0.1, -0.05) is 25.1 Å². The molecule has 0 aliphatic rings. The Balaban J connectivity index is 1.67. The number of anilines is 3. The number of H-pyrrole nitrogens is 1. The zero-order valence-corrected chi connectivity index (χ0v) is 14.9. The van der Waals surface area contributed by atoms with Crippen LogP contribution in [-0.4, -0.2) is 16.0 Å². The molecule has 0 aliphatic heterocycles. The van der Waals surface area contributed by atoms with E-state index in [1.165, 1.54) is 12.1 Å². The summed E-state index contributed by atoms with van der Waals surface area (Å²) in [4.78, 5) is 18.6. The van der Waals surface area contributed by atoms with Crippen molar-refractivity contribution in [2.45, 2.75) is 19.5 Å². The average Bonchev–Trinajstić information content (AvgIpc) is 3.03. The molecule has 2 amide bonds. The number of benzene rings is 1. The first kappa shape index (κ1) is 19.3. The number of aromatic nitrogens is 2. The fourth-order valence-corrected chi connectivity index (χ4v) is 2.62. The summed E-state index contributed by atoms with van der Waals surface area (Å²) in [5.41, 5.74) is 8.68. The molecule has 0 fully saturated rings. The van der Waals surface area contributed by atoms with Crippen LogP contribution in [0.15, 0.2) is 48.5 Å². The Labute approximate surface area is 159 Å². The van der Waals surface area contributed by atoms with Gasteiger partial charge in [0.2, 0.25) is 0 Å². The summed E-state index contributed by atoms with van der Waals surface area (Å²) in [6.07, 6.45) is -3.76. The van der Waals surface area contributed by atoms with Crippen LogP contribution in [0.3, 0.4) is 0 Å². The maximum absolute atomic E-state index is 12.7. The Morgan fingerprint density at radius 3 is 2.46 bits per heavy atom. The lowest BCUT2D eigenvalue weighted by molar-refractivity contribution is -0.141. The fraction of sp³-hybridized carbons (Fsp3) is 0.158. The van der Waals surface area contributed by atoms with Crippen LogP contribution < -0.4 is 16.4 Å². The van der Waals surface area contributed by atoms with Crippen LogP contribution >= 0.6 is 0 Å². The molecule has 9 heteroatoms. The normalized spacial score (nSPS) is 11.3. The molecule has 0 radical (unpaired) electrons. The van der Waals surface area contributed by atoms with Crippen LogP contribution in [0.4, 0.5) is 35.2 Å². The van der Waals surface area contributed by atoms with Crippen molar-refractivity contribution in [1.29, 1.82) is 0 Å². The first-order chi connectivity index (χ1) is 13.3. The van der Waals surface area contributed by atoms with Crippen molar-refractivity contribution in [3.63, 3.8) is 0 Å². The summed E-state index contributed by atoms with van der Waals surface area (Å²) in [5, 5.41) is 4.83. The summed E-state index contributed by atoms with van der Waals surface area (Å²) in [6, 6.07) is 11.3. The van der Waals surface area contributed by atoms with E-state index in [4.69, 9.17) is 5.73 Å². The smallest absolute Gasteiger partial charge is 0.397 e. The number of halogens is 3. The molecule has 6 nitrogen and oxygen atoms in total. The molecular weight excluding hydrogens is 371 g/mol. The molecule has 0 saturated carbocycles. The van der Waals surface area contributed by atoms with Crippen LogP contribution in [0.2, 0.25) is 0 Å². The van der Waals surface area contributed by atoms with Gasteiger partial charge in [-0.2, -0.15) is 13.2 Å². The van der Waals surface area contributed by atoms with Crippen LogP contribution in [-0.2, 0) is 12.6 Å². The Bertz CT molecular complexity index is 980. The molecule has 28 heavy (non-hydrogen) atoms. The predicted molar refractivity (Wildman–Crippen MR) is 102 cm³/mol. The number of rotatable bonds is 4. The van der Waals surface area contributed by atoms with Gasteiger partial charge in [0.25, 0.3) is 0 Å². The van der Waals surface area contributed by atoms with Crippen molar-refractivity contribution < 1.29 is 18.0 Å². The van der Waals surface area contributed by atoms with Crippen LogP contribution in [0.1, 0.15) is 18.3 Å². The second-order valence-electron chi connectivity index (χ2n) is 6.04. The fourth-order valence-electron chi connectivity index (χ4n) is 2.62. The number of pyridine rings is 1. The largest absolute Gasteiger partial charge is 0.433 e. The molecule has 0 bridgehead atoms. The molecule has 2 aromatic heterocycles. The lowest BCUT2D eigenvalue weighted by Gasteiger charge is -2.10. The maximum atomic E-state index is 12.7. The molecule has 146 valence electrons. The lowest BCUT2D eigenvalue weighted by atomic mass is 10.1. The molecule has 3 aromatic rings. The summed E-state index contributed by atoms with van der Waals surface area (Å²) in [5.74, 6) is -0.199. The van der Waals surface area contributed by atoms with E-state index in [9.17, 15) is 18.0 Å². The summed E-state index contributed by atoms with van der Waals surface area (Å²) in [7, 11) is 0. The van der Waals surface area contributed by atoms with E-state index in [1.54, 1.807) is 24.3 Å². The molecule has 0 atom stereocenters. The van der Waals surface area contributed by atoms with Gasteiger partial charge in [-0.05, 0) is 36.8 Å². The van der Waals surface area contributed by atoms with E-state index in [0.717, 1.165) is 29.4 Å². The highest BCUT2D eigenvalue weighted by molar-refractivity contribution is 5.99. The van der Waals surface area contributed by atoms with Crippen LogP contribution in [0.5, 0.6) is 0 Å². The van der Waals surface area contributed by atoms with Gasteiger partial charge in [-0.25, -0.2) is 9.78 Å². The number of amides is 2. The molecule has 5 N–H and O–H groups in total. The Hall–Kier alpha value is -3.49. The zero-order valence-electron chi connectivity index (χ0n) is 14.9. The van der Waals surface area contributed by atoms with E-state index in [2.05, 4.69) is 20.6 Å². The number of nitrogens with two attached hydrogens (primary N) is 1. The molecule has 1 aromatic carbocycles. The minimum Gasteiger partial charge on any atom is -0.397 e. The lowest BCUT2D eigenvalue weighted by Crippen LogP contribution is -2.21. The third-order valence-electron chi connectivity index (χ3n) is 4.00. The minimum atomic E-state index is -4.58. The van der Waals surface area contributed by atoms with Gasteiger partial charge >= 0.3 is 12.2 Å². The standard InChI is InChI=1S/C19H18F3N5O/c1-2-12-10-14(23)17(24-12)11-6-8-13(9-7-11)25-18(28)27-16-5-3-4-15(26-16)19(20,21)22/h3-10,24H,2,23H2,1H3,(H2,25,26,27,28). The highest BCUT2D eigenvalue weighted by Crippen LogP contribution is 2.29. The van der Waals surface area contributed by atoms with Crippen molar-refractivity contribution in [3.8, 4) is 11.3 Å². The average molecular weight is 389 g/mol. The second-order valence-corrected chi connectivity index (χ2v) is 6.04. The van der Waals surface area contributed by atoms with Crippen LogP contribution in [0.25, 0.3) is 11.3 Å².